The van der Waals surface area contributed by atoms with Crippen LogP contribution in [-0.2, 0) is 10.5 Å². The van der Waals surface area contributed by atoms with Gasteiger partial charge in [-0.3, -0.25) is 4.79 Å². The van der Waals surface area contributed by atoms with Gasteiger partial charge in [-0.25, -0.2) is 0 Å². The number of rotatable bonds is 7. The summed E-state index contributed by atoms with van der Waals surface area (Å²) >= 11 is 1.58. The van der Waals surface area contributed by atoms with E-state index in [-0.39, 0.29) is 18.7 Å². The zero-order chi connectivity index (χ0) is 19.2. The van der Waals surface area contributed by atoms with Gasteiger partial charge in [-0.15, -0.1) is 11.8 Å². The number of carbonyl (C=O) groups excluding carboxylic acids is 1. The maximum Gasteiger partial charge on any atom is 0.231 e. The molecule has 0 fully saturated rings. The highest BCUT2D eigenvalue weighted by Gasteiger charge is 2.17. The molecule has 0 bridgehead atoms. The highest BCUT2D eigenvalue weighted by Crippen LogP contribution is 2.33. The summed E-state index contributed by atoms with van der Waals surface area (Å²) in [7, 11) is 0. The molecular weight excluding hydrogens is 370 g/mol. The second-order valence-electron chi connectivity index (χ2n) is 6.50. The summed E-state index contributed by atoms with van der Waals surface area (Å²) in [6.07, 6.45) is 0. The van der Waals surface area contributed by atoms with E-state index in [0.29, 0.717) is 5.75 Å². The van der Waals surface area contributed by atoms with Crippen molar-refractivity contribution >= 4 is 17.7 Å². The molecule has 0 aliphatic carbocycles. The topological polar surface area (TPSA) is 47.6 Å². The van der Waals surface area contributed by atoms with Crippen LogP contribution in [0.5, 0.6) is 11.5 Å². The van der Waals surface area contributed by atoms with Crippen molar-refractivity contribution in [2.75, 3.05) is 12.5 Å². The Hall–Kier alpha value is -2.92. The molecule has 4 nitrogen and oxygen atoms in total. The third-order valence-corrected chi connectivity index (χ3v) is 5.51. The van der Waals surface area contributed by atoms with Gasteiger partial charge in [0.2, 0.25) is 12.7 Å². The van der Waals surface area contributed by atoms with Gasteiger partial charge in [0, 0.05) is 5.75 Å². The fourth-order valence-electron chi connectivity index (χ4n) is 3.15. The number of nitrogens with one attached hydrogen (secondary N) is 1. The lowest BCUT2D eigenvalue weighted by molar-refractivity contribution is -0.119. The Morgan fingerprint density at radius 2 is 1.54 bits per heavy atom. The molecule has 1 aliphatic heterocycles. The van der Waals surface area contributed by atoms with Crippen molar-refractivity contribution in [3.05, 3.63) is 95.6 Å². The van der Waals surface area contributed by atoms with Crippen molar-refractivity contribution in [1.82, 2.24) is 5.32 Å². The second kappa shape index (κ2) is 8.85. The molecule has 3 aromatic rings. The first kappa shape index (κ1) is 18.4. The van der Waals surface area contributed by atoms with Crippen molar-refractivity contribution in [3.8, 4) is 11.5 Å². The van der Waals surface area contributed by atoms with E-state index in [1.165, 1.54) is 0 Å². The van der Waals surface area contributed by atoms with E-state index in [0.717, 1.165) is 33.9 Å². The van der Waals surface area contributed by atoms with Gasteiger partial charge in [0.25, 0.3) is 0 Å². The van der Waals surface area contributed by atoms with Gasteiger partial charge >= 0.3 is 0 Å². The highest BCUT2D eigenvalue weighted by molar-refractivity contribution is 7.99. The van der Waals surface area contributed by atoms with Crippen LogP contribution >= 0.6 is 11.8 Å². The normalized spacial score (nSPS) is 12.2. The SMILES string of the molecule is O=C(CSCc1ccc2c(c1)OCO2)NC(c1ccccc1)c1ccccc1. The molecule has 1 N–H and O–H groups in total. The number of fused-ring (bicyclic) bond motifs is 1. The van der Waals surface area contributed by atoms with E-state index in [1.807, 2.05) is 78.9 Å². The fourth-order valence-corrected chi connectivity index (χ4v) is 3.93. The summed E-state index contributed by atoms with van der Waals surface area (Å²) in [5, 5.41) is 3.17. The van der Waals surface area contributed by atoms with E-state index in [1.54, 1.807) is 11.8 Å². The monoisotopic (exact) mass is 391 g/mol. The Balaban J connectivity index is 1.37. The molecular formula is C23H21NO3S. The zero-order valence-electron chi connectivity index (χ0n) is 15.3. The Kier molecular flexibility index (Phi) is 5.83. The van der Waals surface area contributed by atoms with E-state index in [9.17, 15) is 4.79 Å². The molecule has 3 aromatic carbocycles. The lowest BCUT2D eigenvalue weighted by atomic mass is 9.99. The van der Waals surface area contributed by atoms with Crippen LogP contribution in [0, 0.1) is 0 Å². The molecule has 4 rings (SSSR count). The van der Waals surface area contributed by atoms with Crippen LogP contribution in [0.25, 0.3) is 0 Å². The lowest BCUT2D eigenvalue weighted by Gasteiger charge is -2.20. The van der Waals surface area contributed by atoms with Crippen LogP contribution in [0.1, 0.15) is 22.7 Å². The van der Waals surface area contributed by atoms with Gasteiger partial charge in [0.05, 0.1) is 11.8 Å². The molecule has 1 amide bonds. The summed E-state index contributed by atoms with van der Waals surface area (Å²) < 4.78 is 10.7. The van der Waals surface area contributed by atoms with E-state index in [2.05, 4.69) is 5.32 Å². The van der Waals surface area contributed by atoms with Crippen molar-refractivity contribution in [2.24, 2.45) is 0 Å². The summed E-state index contributed by atoms with van der Waals surface area (Å²) in [4.78, 5) is 12.6. The predicted octanol–water partition coefficient (Wildman–Crippen LogP) is 4.55. The van der Waals surface area contributed by atoms with Gasteiger partial charge in [-0.1, -0.05) is 66.7 Å². The number of thioether (sulfide) groups is 1. The Morgan fingerprint density at radius 1 is 0.893 bits per heavy atom. The predicted molar refractivity (Wildman–Crippen MR) is 112 cm³/mol. The maximum absolute atomic E-state index is 12.6. The minimum atomic E-state index is -0.152. The lowest BCUT2D eigenvalue weighted by Crippen LogP contribution is -2.30. The van der Waals surface area contributed by atoms with Gasteiger partial charge in [0.15, 0.2) is 11.5 Å². The Labute approximate surface area is 168 Å². The minimum absolute atomic E-state index is 0.0171. The minimum Gasteiger partial charge on any atom is -0.454 e. The molecule has 0 saturated carbocycles. The van der Waals surface area contributed by atoms with E-state index < -0.39 is 0 Å². The first-order chi connectivity index (χ1) is 13.8. The summed E-state index contributed by atoms with van der Waals surface area (Å²) in [5.74, 6) is 2.70. The first-order valence-corrected chi connectivity index (χ1v) is 10.3. The van der Waals surface area contributed by atoms with Crippen molar-refractivity contribution in [1.29, 1.82) is 0 Å². The molecule has 1 heterocycles. The van der Waals surface area contributed by atoms with Crippen LogP contribution in [0.4, 0.5) is 0 Å². The van der Waals surface area contributed by atoms with E-state index in [4.69, 9.17) is 9.47 Å². The summed E-state index contributed by atoms with van der Waals surface area (Å²) in [6.45, 7) is 0.273. The third kappa shape index (κ3) is 4.49. The first-order valence-electron chi connectivity index (χ1n) is 9.15. The van der Waals surface area contributed by atoms with Gasteiger partial charge < -0.3 is 14.8 Å². The molecule has 0 unspecified atom stereocenters. The second-order valence-corrected chi connectivity index (χ2v) is 7.49. The van der Waals surface area contributed by atoms with Gasteiger partial charge in [0.1, 0.15) is 0 Å². The van der Waals surface area contributed by atoms with Crippen molar-refractivity contribution in [3.63, 3.8) is 0 Å². The fraction of sp³-hybridized carbons (Fsp3) is 0.174. The van der Waals surface area contributed by atoms with Crippen LogP contribution in [0.2, 0.25) is 0 Å². The average molecular weight is 391 g/mol. The summed E-state index contributed by atoms with van der Waals surface area (Å²) in [6, 6.07) is 25.8. The molecule has 1 aliphatic rings. The molecule has 0 aromatic heterocycles. The Morgan fingerprint density at radius 3 is 2.21 bits per heavy atom. The smallest absolute Gasteiger partial charge is 0.231 e. The standard InChI is InChI=1S/C23H21NO3S/c25-22(15-28-14-17-11-12-20-21(13-17)27-16-26-20)24-23(18-7-3-1-4-8-18)19-9-5-2-6-10-19/h1-13,23H,14-16H2,(H,24,25). The molecule has 5 heteroatoms. The number of hydrogen-bond acceptors (Lipinski definition) is 4. The number of ether oxygens (including phenoxy) is 2. The van der Waals surface area contributed by atoms with E-state index >= 15 is 0 Å². The molecule has 0 atom stereocenters. The maximum atomic E-state index is 12.6. The molecule has 0 saturated heterocycles. The number of benzene rings is 3. The summed E-state index contributed by atoms with van der Waals surface area (Å²) in [5.41, 5.74) is 3.26. The average Bonchev–Trinajstić information content (AvgIpc) is 3.21. The van der Waals surface area contributed by atoms with Crippen LogP contribution < -0.4 is 14.8 Å². The largest absolute Gasteiger partial charge is 0.454 e. The highest BCUT2D eigenvalue weighted by atomic mass is 32.2. The van der Waals surface area contributed by atoms with Gasteiger partial charge in [-0.2, -0.15) is 0 Å². The van der Waals surface area contributed by atoms with Crippen molar-refractivity contribution in [2.45, 2.75) is 11.8 Å². The number of amides is 1. The molecule has 28 heavy (non-hydrogen) atoms. The third-order valence-electron chi connectivity index (χ3n) is 4.51. The van der Waals surface area contributed by atoms with Crippen molar-refractivity contribution < 1.29 is 14.3 Å². The van der Waals surface area contributed by atoms with Crippen LogP contribution in [0.3, 0.4) is 0 Å². The molecule has 0 radical (unpaired) electrons. The zero-order valence-corrected chi connectivity index (χ0v) is 16.2. The number of carbonyl (C=O) groups is 1. The quantitative estimate of drug-likeness (QED) is 0.642. The van der Waals surface area contributed by atoms with Gasteiger partial charge in [-0.05, 0) is 28.8 Å². The molecule has 0 spiro atoms. The van der Waals surface area contributed by atoms with Crippen LogP contribution in [0.15, 0.2) is 78.9 Å². The number of hydrogen-bond donors (Lipinski definition) is 1. The Bertz CT molecular complexity index is 892. The van der Waals surface area contributed by atoms with Crippen LogP contribution in [-0.4, -0.2) is 18.5 Å². The molecule has 142 valence electrons.